The van der Waals surface area contributed by atoms with Crippen LogP contribution in [0, 0.1) is 23.6 Å². The molecule has 0 saturated heterocycles. The van der Waals surface area contributed by atoms with Gasteiger partial charge < -0.3 is 10.4 Å². The first-order chi connectivity index (χ1) is 16.0. The lowest BCUT2D eigenvalue weighted by atomic mass is 9.84. The van der Waals surface area contributed by atoms with Crippen molar-refractivity contribution in [3.05, 3.63) is 58.7 Å². The van der Waals surface area contributed by atoms with Gasteiger partial charge in [-0.25, -0.2) is 4.39 Å². The van der Waals surface area contributed by atoms with Gasteiger partial charge in [-0.2, -0.15) is 5.10 Å². The summed E-state index contributed by atoms with van der Waals surface area (Å²) in [5.74, 6) is -1.35. The van der Waals surface area contributed by atoms with E-state index in [2.05, 4.69) is 5.32 Å². The third kappa shape index (κ3) is 4.45. The van der Waals surface area contributed by atoms with Gasteiger partial charge in [-0.05, 0) is 80.6 Å². The number of carbonyl (C=O) groups excluding carboxylic acids is 1. The Morgan fingerprint density at radius 2 is 1.88 bits per heavy atom. The number of carboxylic acids is 1. The van der Waals surface area contributed by atoms with E-state index in [1.807, 2.05) is 4.68 Å². The molecule has 6 nitrogen and oxygen atoms in total. The van der Waals surface area contributed by atoms with Crippen molar-refractivity contribution in [2.75, 3.05) is 0 Å². The van der Waals surface area contributed by atoms with Gasteiger partial charge in [0.05, 0.1) is 18.2 Å². The van der Waals surface area contributed by atoms with Gasteiger partial charge in [-0.1, -0.05) is 18.6 Å². The summed E-state index contributed by atoms with van der Waals surface area (Å²) in [6.07, 6.45) is 11.3. The molecule has 0 aliphatic heterocycles. The highest BCUT2D eigenvalue weighted by atomic mass is 19.1. The maximum absolute atomic E-state index is 13.3. The van der Waals surface area contributed by atoms with E-state index in [4.69, 9.17) is 5.10 Å². The number of carboxylic acid groups (broad SMARTS) is 1. The van der Waals surface area contributed by atoms with Crippen molar-refractivity contribution in [3.63, 3.8) is 0 Å². The van der Waals surface area contributed by atoms with E-state index < -0.39 is 11.9 Å². The Morgan fingerprint density at radius 1 is 1.12 bits per heavy atom. The molecule has 2 N–H and O–H groups in total. The summed E-state index contributed by atoms with van der Waals surface area (Å²) in [6.45, 7) is 0.564. The Bertz CT molecular complexity index is 1080. The van der Waals surface area contributed by atoms with E-state index in [9.17, 15) is 19.1 Å². The molecule has 2 aromatic rings. The first kappa shape index (κ1) is 21.9. The molecule has 5 rings (SSSR count). The SMILES string of the molecule is O=C(C=Cc1nn(Cc2ccc(F)cc2)c2c1CCCCC2)N[C@@H]1C2CCC(C2)[C@@H]1C(=O)O. The van der Waals surface area contributed by atoms with Crippen LogP contribution in [-0.4, -0.2) is 32.8 Å². The number of nitrogens with zero attached hydrogens (tertiary/aromatic N) is 2. The Morgan fingerprint density at radius 3 is 2.67 bits per heavy atom. The van der Waals surface area contributed by atoms with Crippen LogP contribution in [0.4, 0.5) is 4.39 Å². The van der Waals surface area contributed by atoms with Gasteiger partial charge in [-0.15, -0.1) is 0 Å². The molecule has 4 atom stereocenters. The molecule has 1 amide bonds. The van der Waals surface area contributed by atoms with Gasteiger partial charge in [0.1, 0.15) is 5.82 Å². The van der Waals surface area contributed by atoms with E-state index in [-0.39, 0.29) is 29.6 Å². The molecule has 33 heavy (non-hydrogen) atoms. The predicted octanol–water partition coefficient (Wildman–Crippen LogP) is 3.97. The van der Waals surface area contributed by atoms with Gasteiger partial charge in [0, 0.05) is 23.4 Å². The van der Waals surface area contributed by atoms with Crippen LogP contribution in [0.3, 0.4) is 0 Å². The lowest BCUT2D eigenvalue weighted by Crippen LogP contribution is -2.46. The van der Waals surface area contributed by atoms with Crippen LogP contribution in [0.15, 0.2) is 30.3 Å². The zero-order valence-corrected chi connectivity index (χ0v) is 18.7. The summed E-state index contributed by atoms with van der Waals surface area (Å²) in [6, 6.07) is 6.19. The number of aromatic nitrogens is 2. The second-order valence-corrected chi connectivity index (χ2v) is 9.72. The first-order valence-electron chi connectivity index (χ1n) is 12.0. The summed E-state index contributed by atoms with van der Waals surface area (Å²) >= 11 is 0. The van der Waals surface area contributed by atoms with Crippen LogP contribution in [0.1, 0.15) is 61.0 Å². The molecule has 0 spiro atoms. The van der Waals surface area contributed by atoms with Crippen LogP contribution in [0.5, 0.6) is 0 Å². The van der Waals surface area contributed by atoms with Crippen molar-refractivity contribution >= 4 is 18.0 Å². The number of benzene rings is 1. The van der Waals surface area contributed by atoms with Crippen molar-refractivity contribution in [2.45, 2.75) is 64.0 Å². The average Bonchev–Trinajstić information content (AvgIpc) is 3.42. The topological polar surface area (TPSA) is 84.2 Å². The number of halogens is 1. The smallest absolute Gasteiger partial charge is 0.308 e. The van der Waals surface area contributed by atoms with Gasteiger partial charge in [0.25, 0.3) is 0 Å². The van der Waals surface area contributed by atoms with Crippen molar-refractivity contribution in [3.8, 4) is 0 Å². The largest absolute Gasteiger partial charge is 0.481 e. The third-order valence-electron chi connectivity index (χ3n) is 7.69. The number of hydrogen-bond donors (Lipinski definition) is 2. The molecule has 2 unspecified atom stereocenters. The second-order valence-electron chi connectivity index (χ2n) is 9.72. The maximum atomic E-state index is 13.3. The van der Waals surface area contributed by atoms with Gasteiger partial charge in [-0.3, -0.25) is 14.3 Å². The normalized spacial score (nSPS) is 26.3. The fourth-order valence-corrected chi connectivity index (χ4v) is 6.13. The van der Waals surface area contributed by atoms with Crippen molar-refractivity contribution in [1.29, 1.82) is 0 Å². The molecule has 1 heterocycles. The van der Waals surface area contributed by atoms with Gasteiger partial charge >= 0.3 is 5.97 Å². The molecule has 7 heteroatoms. The number of rotatable bonds is 6. The Labute approximate surface area is 192 Å². The number of nitrogens with one attached hydrogen (secondary N) is 1. The van der Waals surface area contributed by atoms with Crippen molar-refractivity contribution in [2.24, 2.45) is 17.8 Å². The highest BCUT2D eigenvalue weighted by Crippen LogP contribution is 2.48. The van der Waals surface area contributed by atoms with Crippen LogP contribution >= 0.6 is 0 Å². The molecule has 1 aromatic heterocycles. The summed E-state index contributed by atoms with van der Waals surface area (Å²) in [7, 11) is 0. The maximum Gasteiger partial charge on any atom is 0.308 e. The van der Waals surface area contributed by atoms with Crippen LogP contribution in [0.25, 0.3) is 6.08 Å². The fraction of sp³-hybridized carbons (Fsp3) is 0.500. The number of aliphatic carboxylic acids is 1. The number of fused-ring (bicyclic) bond motifs is 3. The highest BCUT2D eigenvalue weighted by molar-refractivity contribution is 5.92. The molecule has 3 aliphatic carbocycles. The molecule has 174 valence electrons. The standard InChI is InChI=1S/C26H30FN3O3/c27-19-10-6-16(7-11-19)15-30-22-5-3-1-2-4-20(22)21(29-30)12-13-23(31)28-25-18-9-8-17(14-18)24(25)26(32)33/h6-7,10-13,17-18,24-25H,1-5,8-9,14-15H2,(H,28,31)(H,32,33)/t17?,18?,24-,25+/m0/s1. The lowest BCUT2D eigenvalue weighted by Gasteiger charge is -2.28. The highest BCUT2D eigenvalue weighted by Gasteiger charge is 2.51. The summed E-state index contributed by atoms with van der Waals surface area (Å²) in [5, 5.41) is 17.4. The minimum absolute atomic E-state index is 0.180. The van der Waals surface area contributed by atoms with E-state index in [1.54, 1.807) is 18.2 Å². The number of carbonyl (C=O) groups is 2. The van der Waals surface area contributed by atoms with Crippen LogP contribution in [-0.2, 0) is 29.0 Å². The van der Waals surface area contributed by atoms with E-state index in [0.29, 0.717) is 6.54 Å². The number of hydrogen-bond acceptors (Lipinski definition) is 3. The monoisotopic (exact) mass is 451 g/mol. The summed E-state index contributed by atoms with van der Waals surface area (Å²) in [5.41, 5.74) is 4.15. The minimum Gasteiger partial charge on any atom is -0.481 e. The zero-order valence-electron chi connectivity index (χ0n) is 18.7. The minimum atomic E-state index is -0.804. The molecule has 2 saturated carbocycles. The van der Waals surface area contributed by atoms with Crippen LogP contribution < -0.4 is 5.32 Å². The van der Waals surface area contributed by atoms with Crippen molar-refractivity contribution < 1.29 is 19.1 Å². The summed E-state index contributed by atoms with van der Waals surface area (Å²) < 4.78 is 15.3. The molecule has 2 fully saturated rings. The average molecular weight is 452 g/mol. The first-order valence-corrected chi connectivity index (χ1v) is 12.0. The molecular weight excluding hydrogens is 421 g/mol. The predicted molar refractivity (Wildman–Crippen MR) is 122 cm³/mol. The molecule has 1 aromatic carbocycles. The Balaban J connectivity index is 1.34. The molecule has 0 radical (unpaired) electrons. The van der Waals surface area contributed by atoms with E-state index in [0.717, 1.165) is 62.6 Å². The fourth-order valence-electron chi connectivity index (χ4n) is 6.13. The Hall–Kier alpha value is -2.96. The molecule has 2 bridgehead atoms. The van der Waals surface area contributed by atoms with Crippen LogP contribution in [0.2, 0.25) is 0 Å². The number of amides is 1. The van der Waals surface area contributed by atoms with Crippen molar-refractivity contribution in [1.82, 2.24) is 15.1 Å². The van der Waals surface area contributed by atoms with E-state index >= 15 is 0 Å². The van der Waals surface area contributed by atoms with Gasteiger partial charge in [0.2, 0.25) is 5.91 Å². The zero-order chi connectivity index (χ0) is 22.9. The second kappa shape index (κ2) is 9.12. The molecule has 3 aliphatic rings. The summed E-state index contributed by atoms with van der Waals surface area (Å²) in [4.78, 5) is 24.4. The van der Waals surface area contributed by atoms with E-state index in [1.165, 1.54) is 29.5 Å². The lowest BCUT2D eigenvalue weighted by molar-refractivity contribution is -0.144. The molecular formula is C26H30FN3O3. The quantitative estimate of drug-likeness (QED) is 0.514. The Kier molecular flexibility index (Phi) is 6.04. The third-order valence-corrected chi connectivity index (χ3v) is 7.69. The van der Waals surface area contributed by atoms with Gasteiger partial charge in [0.15, 0.2) is 0 Å².